The topological polar surface area (TPSA) is 60.0 Å². The Morgan fingerprint density at radius 3 is 2.33 bits per heavy atom. The highest BCUT2D eigenvalue weighted by Crippen LogP contribution is 2.23. The van der Waals surface area contributed by atoms with Crippen molar-refractivity contribution >= 4 is 40.5 Å². The Morgan fingerprint density at radius 2 is 1.83 bits per heavy atom. The molecule has 0 saturated carbocycles. The maximum atomic E-state index is 12.0. The second kappa shape index (κ2) is 4.92. The Labute approximate surface area is 114 Å². The summed E-state index contributed by atoms with van der Waals surface area (Å²) in [5.41, 5.74) is 7.15. The molecule has 94 valence electrons. The third-order valence-electron chi connectivity index (χ3n) is 2.38. The molecule has 1 heterocycles. The van der Waals surface area contributed by atoms with Crippen LogP contribution in [0.15, 0.2) is 30.5 Å². The van der Waals surface area contributed by atoms with Crippen LogP contribution < -0.4 is 11.1 Å². The standard InChI is InChI=1S/C12H11Cl2N3O/c1-17-6-9(15)5-11(17)12(18)16-10-3-7(13)2-8(14)4-10/h2-6H,15H2,1H3,(H,16,18). The molecule has 0 atom stereocenters. The van der Waals surface area contributed by atoms with Crippen molar-refractivity contribution < 1.29 is 4.79 Å². The largest absolute Gasteiger partial charge is 0.397 e. The average molecular weight is 284 g/mol. The van der Waals surface area contributed by atoms with Gasteiger partial charge in [0.25, 0.3) is 5.91 Å². The van der Waals surface area contributed by atoms with E-state index in [4.69, 9.17) is 28.9 Å². The van der Waals surface area contributed by atoms with E-state index in [1.54, 1.807) is 42.1 Å². The summed E-state index contributed by atoms with van der Waals surface area (Å²) >= 11 is 11.7. The maximum Gasteiger partial charge on any atom is 0.272 e. The number of hydrogen-bond acceptors (Lipinski definition) is 2. The van der Waals surface area contributed by atoms with Crippen LogP contribution in [0.4, 0.5) is 11.4 Å². The van der Waals surface area contributed by atoms with E-state index >= 15 is 0 Å². The predicted octanol–water partition coefficient (Wildman–Crippen LogP) is 3.17. The highest BCUT2D eigenvalue weighted by atomic mass is 35.5. The van der Waals surface area contributed by atoms with Gasteiger partial charge in [0.05, 0.1) is 5.69 Å². The molecule has 4 nitrogen and oxygen atoms in total. The quantitative estimate of drug-likeness (QED) is 0.889. The molecule has 0 radical (unpaired) electrons. The molecule has 0 saturated heterocycles. The number of halogens is 2. The number of nitrogens with one attached hydrogen (secondary N) is 1. The van der Waals surface area contributed by atoms with E-state index in [2.05, 4.69) is 5.32 Å². The van der Waals surface area contributed by atoms with Gasteiger partial charge in [0.15, 0.2) is 0 Å². The summed E-state index contributed by atoms with van der Waals surface area (Å²) in [5.74, 6) is -0.271. The van der Waals surface area contributed by atoms with Crippen LogP contribution in [-0.4, -0.2) is 10.5 Å². The first kappa shape index (κ1) is 12.8. The predicted molar refractivity (Wildman–Crippen MR) is 74.2 cm³/mol. The molecular formula is C12H11Cl2N3O. The van der Waals surface area contributed by atoms with E-state index in [1.165, 1.54) is 0 Å². The Bertz CT molecular complexity index is 587. The molecule has 3 N–H and O–H groups in total. The summed E-state index contributed by atoms with van der Waals surface area (Å²) in [7, 11) is 1.75. The third kappa shape index (κ3) is 2.78. The third-order valence-corrected chi connectivity index (χ3v) is 2.82. The number of nitrogens with zero attached hydrogens (tertiary/aromatic N) is 1. The molecule has 0 fully saturated rings. The molecule has 18 heavy (non-hydrogen) atoms. The van der Waals surface area contributed by atoms with E-state index in [-0.39, 0.29) is 5.91 Å². The van der Waals surface area contributed by atoms with Gasteiger partial charge in [0, 0.05) is 29.0 Å². The van der Waals surface area contributed by atoms with Gasteiger partial charge in [-0.05, 0) is 24.3 Å². The van der Waals surface area contributed by atoms with Crippen LogP contribution in [0, 0.1) is 0 Å². The van der Waals surface area contributed by atoms with Crippen molar-refractivity contribution in [2.24, 2.45) is 7.05 Å². The number of benzene rings is 1. The zero-order valence-electron chi connectivity index (χ0n) is 9.58. The van der Waals surface area contributed by atoms with Gasteiger partial charge in [0.2, 0.25) is 0 Å². The molecule has 0 aliphatic heterocycles. The summed E-state index contributed by atoms with van der Waals surface area (Å²) in [6.45, 7) is 0. The summed E-state index contributed by atoms with van der Waals surface area (Å²) in [5, 5.41) is 3.63. The van der Waals surface area contributed by atoms with Crippen molar-refractivity contribution in [3.8, 4) is 0 Å². The van der Waals surface area contributed by atoms with E-state index in [0.29, 0.717) is 27.1 Å². The van der Waals surface area contributed by atoms with Crippen LogP contribution in [0.2, 0.25) is 10.0 Å². The van der Waals surface area contributed by atoms with Crippen LogP contribution in [-0.2, 0) is 7.05 Å². The first-order chi connectivity index (χ1) is 8.45. The lowest BCUT2D eigenvalue weighted by molar-refractivity contribution is 0.101. The molecule has 0 aliphatic carbocycles. The molecule has 0 bridgehead atoms. The van der Waals surface area contributed by atoms with Gasteiger partial charge < -0.3 is 15.6 Å². The lowest BCUT2D eigenvalue weighted by Crippen LogP contribution is -2.15. The van der Waals surface area contributed by atoms with Crippen molar-refractivity contribution in [1.82, 2.24) is 4.57 Å². The minimum absolute atomic E-state index is 0.271. The van der Waals surface area contributed by atoms with Crippen molar-refractivity contribution in [1.29, 1.82) is 0 Å². The highest BCUT2D eigenvalue weighted by molar-refractivity contribution is 6.35. The molecular weight excluding hydrogens is 273 g/mol. The number of rotatable bonds is 2. The minimum atomic E-state index is -0.271. The van der Waals surface area contributed by atoms with E-state index in [0.717, 1.165) is 0 Å². The summed E-state index contributed by atoms with van der Waals surface area (Å²) in [6.07, 6.45) is 1.67. The number of hydrogen-bond donors (Lipinski definition) is 2. The Hall–Kier alpha value is -1.65. The second-order valence-corrected chi connectivity index (χ2v) is 4.75. The van der Waals surface area contributed by atoms with Gasteiger partial charge in [-0.25, -0.2) is 0 Å². The van der Waals surface area contributed by atoms with Crippen molar-refractivity contribution in [2.75, 3.05) is 11.1 Å². The Kier molecular flexibility index (Phi) is 3.50. The Balaban J connectivity index is 2.23. The normalized spacial score (nSPS) is 10.4. The van der Waals surface area contributed by atoms with Crippen molar-refractivity contribution in [3.05, 3.63) is 46.2 Å². The van der Waals surface area contributed by atoms with Gasteiger partial charge in [-0.15, -0.1) is 0 Å². The van der Waals surface area contributed by atoms with E-state index in [9.17, 15) is 4.79 Å². The van der Waals surface area contributed by atoms with E-state index < -0.39 is 0 Å². The lowest BCUT2D eigenvalue weighted by atomic mass is 10.3. The maximum absolute atomic E-state index is 12.0. The molecule has 1 amide bonds. The van der Waals surface area contributed by atoms with Crippen LogP contribution in [0.3, 0.4) is 0 Å². The molecule has 2 aromatic rings. The van der Waals surface area contributed by atoms with Gasteiger partial charge in [-0.2, -0.15) is 0 Å². The molecule has 0 spiro atoms. The smallest absolute Gasteiger partial charge is 0.272 e. The molecule has 1 aromatic heterocycles. The number of nitrogens with two attached hydrogens (primary N) is 1. The first-order valence-electron chi connectivity index (χ1n) is 5.15. The van der Waals surface area contributed by atoms with Gasteiger partial charge in [-0.3, -0.25) is 4.79 Å². The number of amides is 1. The molecule has 1 aromatic carbocycles. The SMILES string of the molecule is Cn1cc(N)cc1C(=O)Nc1cc(Cl)cc(Cl)c1. The monoisotopic (exact) mass is 283 g/mol. The zero-order valence-corrected chi connectivity index (χ0v) is 11.1. The number of aromatic nitrogens is 1. The fourth-order valence-electron chi connectivity index (χ4n) is 1.64. The lowest BCUT2D eigenvalue weighted by Gasteiger charge is -2.06. The molecule has 0 aliphatic rings. The number of carbonyl (C=O) groups excluding carboxylic acids is 1. The highest BCUT2D eigenvalue weighted by Gasteiger charge is 2.11. The van der Waals surface area contributed by atoms with E-state index in [1.807, 2.05) is 0 Å². The summed E-state index contributed by atoms with van der Waals surface area (Å²) in [6, 6.07) is 6.44. The fourth-order valence-corrected chi connectivity index (χ4v) is 2.16. The second-order valence-electron chi connectivity index (χ2n) is 3.88. The zero-order chi connectivity index (χ0) is 13.3. The minimum Gasteiger partial charge on any atom is -0.397 e. The van der Waals surface area contributed by atoms with Crippen LogP contribution >= 0.6 is 23.2 Å². The number of aryl methyl sites for hydroxylation is 1. The molecule has 2 rings (SSSR count). The van der Waals surface area contributed by atoms with Gasteiger partial charge in [0.1, 0.15) is 5.69 Å². The summed E-state index contributed by atoms with van der Waals surface area (Å²) < 4.78 is 1.65. The van der Waals surface area contributed by atoms with Crippen molar-refractivity contribution in [2.45, 2.75) is 0 Å². The fraction of sp³-hybridized carbons (Fsp3) is 0.0833. The van der Waals surface area contributed by atoms with Crippen molar-refractivity contribution in [3.63, 3.8) is 0 Å². The van der Waals surface area contributed by atoms with Crippen LogP contribution in [0.1, 0.15) is 10.5 Å². The first-order valence-corrected chi connectivity index (χ1v) is 5.90. The van der Waals surface area contributed by atoms with Crippen LogP contribution in [0.5, 0.6) is 0 Å². The molecule has 6 heteroatoms. The van der Waals surface area contributed by atoms with Crippen LogP contribution in [0.25, 0.3) is 0 Å². The Morgan fingerprint density at radius 1 is 1.22 bits per heavy atom. The number of carbonyl (C=O) groups is 1. The van der Waals surface area contributed by atoms with Gasteiger partial charge in [-0.1, -0.05) is 23.2 Å². The number of nitrogen functional groups attached to an aromatic ring is 1. The van der Waals surface area contributed by atoms with Gasteiger partial charge >= 0.3 is 0 Å². The average Bonchev–Trinajstić information content (AvgIpc) is 2.56. The number of anilines is 2. The molecule has 0 unspecified atom stereocenters. The summed E-state index contributed by atoms with van der Waals surface area (Å²) in [4.78, 5) is 12.0.